The molecular formula is C16H20ClN5OS. The Hall–Kier alpha value is -1.86. The van der Waals surface area contributed by atoms with Gasteiger partial charge in [-0.15, -0.1) is 10.2 Å². The number of carbonyl (C=O) groups excluding carboxylic acids is 1. The summed E-state index contributed by atoms with van der Waals surface area (Å²) in [5, 5.41) is 15.8. The number of aromatic nitrogens is 2. The molecule has 1 saturated heterocycles. The van der Waals surface area contributed by atoms with Crippen LogP contribution in [0.5, 0.6) is 0 Å². The highest BCUT2D eigenvalue weighted by Crippen LogP contribution is 2.32. The summed E-state index contributed by atoms with van der Waals surface area (Å²) >= 11 is 7.23. The number of hydrogen-bond donors (Lipinski definition) is 2. The van der Waals surface area contributed by atoms with Gasteiger partial charge in [0.25, 0.3) is 0 Å². The molecule has 1 aromatic heterocycles. The molecule has 2 amide bonds. The summed E-state index contributed by atoms with van der Waals surface area (Å²) in [4.78, 5) is 14.3. The van der Waals surface area contributed by atoms with E-state index in [9.17, 15) is 4.79 Å². The molecule has 0 radical (unpaired) electrons. The van der Waals surface area contributed by atoms with Gasteiger partial charge in [-0.3, -0.25) is 5.32 Å². The zero-order valence-corrected chi connectivity index (χ0v) is 15.2. The summed E-state index contributed by atoms with van der Waals surface area (Å²) in [5.41, 5.74) is 0.667. The van der Waals surface area contributed by atoms with E-state index in [2.05, 4.69) is 39.6 Å². The van der Waals surface area contributed by atoms with Crippen molar-refractivity contribution in [3.05, 3.63) is 29.3 Å². The van der Waals surface area contributed by atoms with E-state index >= 15 is 0 Å². The van der Waals surface area contributed by atoms with Crippen LogP contribution in [-0.4, -0.2) is 28.3 Å². The Labute approximate surface area is 150 Å². The van der Waals surface area contributed by atoms with Gasteiger partial charge in [-0.05, 0) is 57.4 Å². The Kier molecular flexibility index (Phi) is 5.20. The van der Waals surface area contributed by atoms with E-state index in [1.807, 2.05) is 0 Å². The maximum absolute atomic E-state index is 12.1. The second kappa shape index (κ2) is 7.36. The molecule has 1 fully saturated rings. The molecule has 6 nitrogen and oxygen atoms in total. The molecule has 0 saturated carbocycles. The van der Waals surface area contributed by atoms with Crippen molar-refractivity contribution in [1.82, 2.24) is 10.2 Å². The molecule has 0 unspecified atom stereocenters. The zero-order valence-electron chi connectivity index (χ0n) is 13.6. The predicted octanol–water partition coefficient (Wildman–Crippen LogP) is 4.60. The molecular weight excluding hydrogens is 346 g/mol. The third kappa shape index (κ3) is 3.96. The van der Waals surface area contributed by atoms with E-state index in [0.717, 1.165) is 18.0 Å². The molecule has 1 aromatic carbocycles. The van der Waals surface area contributed by atoms with Crippen LogP contribution in [0.2, 0.25) is 5.02 Å². The minimum Gasteiger partial charge on any atom is -0.341 e. The Morgan fingerprint density at radius 3 is 2.50 bits per heavy atom. The van der Waals surface area contributed by atoms with Gasteiger partial charge in [0.05, 0.1) is 0 Å². The number of anilines is 3. The van der Waals surface area contributed by atoms with Gasteiger partial charge in [0.15, 0.2) is 0 Å². The summed E-state index contributed by atoms with van der Waals surface area (Å²) in [5.74, 6) is 0. The maximum Gasteiger partial charge on any atom is 0.325 e. The van der Waals surface area contributed by atoms with E-state index in [-0.39, 0.29) is 6.03 Å². The smallest absolute Gasteiger partial charge is 0.325 e. The predicted molar refractivity (Wildman–Crippen MR) is 99.3 cm³/mol. The van der Waals surface area contributed by atoms with Crippen LogP contribution in [0.3, 0.4) is 0 Å². The first kappa shape index (κ1) is 17.0. The first-order chi connectivity index (χ1) is 11.5. The van der Waals surface area contributed by atoms with Gasteiger partial charge >= 0.3 is 6.03 Å². The molecule has 0 bridgehead atoms. The summed E-state index contributed by atoms with van der Waals surface area (Å²) in [6.07, 6.45) is 3.56. The van der Waals surface area contributed by atoms with Gasteiger partial charge in [0.1, 0.15) is 0 Å². The van der Waals surface area contributed by atoms with E-state index in [0.29, 0.717) is 27.9 Å². The monoisotopic (exact) mass is 365 g/mol. The Morgan fingerprint density at radius 1 is 1.17 bits per heavy atom. The summed E-state index contributed by atoms with van der Waals surface area (Å²) in [7, 11) is 0. The molecule has 0 aliphatic carbocycles. The number of nitrogens with one attached hydrogen (secondary N) is 2. The van der Waals surface area contributed by atoms with E-state index in [1.165, 1.54) is 17.8 Å². The SMILES string of the molecule is C[C@@H]1CCC[C@H](C)N1c1nnc(NC(=O)Nc2ccc(Cl)cc2)s1. The van der Waals surface area contributed by atoms with Crippen molar-refractivity contribution in [1.29, 1.82) is 0 Å². The minimum absolute atomic E-state index is 0.347. The molecule has 128 valence electrons. The van der Waals surface area contributed by atoms with E-state index < -0.39 is 0 Å². The lowest BCUT2D eigenvalue weighted by atomic mass is 9.98. The van der Waals surface area contributed by atoms with Crippen molar-refractivity contribution < 1.29 is 4.79 Å². The highest BCUT2D eigenvalue weighted by Gasteiger charge is 2.27. The number of benzene rings is 1. The molecule has 1 aliphatic heterocycles. The molecule has 2 heterocycles. The van der Waals surface area contributed by atoms with Crippen LogP contribution in [-0.2, 0) is 0 Å². The fourth-order valence-electron chi connectivity index (χ4n) is 2.96. The fourth-order valence-corrected chi connectivity index (χ4v) is 4.03. The van der Waals surface area contributed by atoms with Crippen LogP contribution in [0.4, 0.5) is 20.7 Å². The topological polar surface area (TPSA) is 70.2 Å². The summed E-state index contributed by atoms with van der Waals surface area (Å²) in [6, 6.07) is 7.46. The van der Waals surface area contributed by atoms with Crippen LogP contribution < -0.4 is 15.5 Å². The number of rotatable bonds is 3. The zero-order chi connectivity index (χ0) is 17.1. The molecule has 2 N–H and O–H groups in total. The first-order valence-electron chi connectivity index (χ1n) is 7.98. The van der Waals surface area contributed by atoms with Crippen molar-refractivity contribution in [2.45, 2.75) is 45.2 Å². The number of urea groups is 1. The van der Waals surface area contributed by atoms with Crippen molar-refractivity contribution in [2.75, 3.05) is 15.5 Å². The van der Waals surface area contributed by atoms with Gasteiger partial charge < -0.3 is 10.2 Å². The second-order valence-corrected chi connectivity index (χ2v) is 7.40. The highest BCUT2D eigenvalue weighted by molar-refractivity contribution is 7.19. The molecule has 2 aromatic rings. The number of piperidine rings is 1. The Morgan fingerprint density at radius 2 is 1.83 bits per heavy atom. The first-order valence-corrected chi connectivity index (χ1v) is 9.18. The van der Waals surface area contributed by atoms with E-state index in [4.69, 9.17) is 11.6 Å². The normalized spacial score (nSPS) is 20.7. The lowest BCUT2D eigenvalue weighted by molar-refractivity contribution is 0.262. The third-order valence-electron chi connectivity index (χ3n) is 4.15. The van der Waals surface area contributed by atoms with Crippen LogP contribution in [0.25, 0.3) is 0 Å². The molecule has 3 rings (SSSR count). The van der Waals surface area contributed by atoms with Crippen LogP contribution in [0.15, 0.2) is 24.3 Å². The summed E-state index contributed by atoms with van der Waals surface area (Å²) < 4.78 is 0. The molecule has 2 atom stereocenters. The third-order valence-corrected chi connectivity index (χ3v) is 5.26. The van der Waals surface area contributed by atoms with Crippen molar-refractivity contribution >= 4 is 44.9 Å². The van der Waals surface area contributed by atoms with Crippen LogP contribution in [0.1, 0.15) is 33.1 Å². The van der Waals surface area contributed by atoms with E-state index in [1.54, 1.807) is 24.3 Å². The van der Waals surface area contributed by atoms with Gasteiger partial charge in [0.2, 0.25) is 10.3 Å². The minimum atomic E-state index is -0.347. The average Bonchev–Trinajstić information content (AvgIpc) is 2.97. The van der Waals surface area contributed by atoms with Crippen molar-refractivity contribution in [3.8, 4) is 0 Å². The van der Waals surface area contributed by atoms with Gasteiger partial charge in [-0.1, -0.05) is 22.9 Å². The van der Waals surface area contributed by atoms with Gasteiger partial charge in [-0.25, -0.2) is 4.79 Å². The molecule has 0 spiro atoms. The molecule has 24 heavy (non-hydrogen) atoms. The van der Waals surface area contributed by atoms with Crippen molar-refractivity contribution in [3.63, 3.8) is 0 Å². The van der Waals surface area contributed by atoms with Crippen molar-refractivity contribution in [2.24, 2.45) is 0 Å². The van der Waals surface area contributed by atoms with Gasteiger partial charge in [-0.2, -0.15) is 0 Å². The fraction of sp³-hybridized carbons (Fsp3) is 0.438. The molecule has 1 aliphatic rings. The number of hydrogen-bond acceptors (Lipinski definition) is 5. The highest BCUT2D eigenvalue weighted by atomic mass is 35.5. The lowest BCUT2D eigenvalue weighted by Gasteiger charge is -2.38. The lowest BCUT2D eigenvalue weighted by Crippen LogP contribution is -2.43. The quantitative estimate of drug-likeness (QED) is 0.833. The Bertz CT molecular complexity index is 695. The van der Waals surface area contributed by atoms with Crippen LogP contribution >= 0.6 is 22.9 Å². The number of nitrogens with zero attached hydrogens (tertiary/aromatic N) is 3. The molecule has 8 heteroatoms. The number of amides is 2. The van der Waals surface area contributed by atoms with Crippen LogP contribution in [0, 0.1) is 0 Å². The van der Waals surface area contributed by atoms with Gasteiger partial charge in [0, 0.05) is 22.8 Å². The largest absolute Gasteiger partial charge is 0.341 e. The number of carbonyl (C=O) groups is 1. The number of halogens is 1. The second-order valence-electron chi connectivity index (χ2n) is 6.01. The maximum atomic E-state index is 12.1. The Balaban J connectivity index is 1.63. The average molecular weight is 366 g/mol. The standard InChI is InChI=1S/C16H20ClN5OS/c1-10-4-3-5-11(2)22(10)16-21-20-15(24-16)19-14(23)18-13-8-6-12(17)7-9-13/h6-11H,3-5H2,1-2H3,(H2,18,19,20,23)/t10-,11+. The summed E-state index contributed by atoms with van der Waals surface area (Å²) in [6.45, 7) is 4.41.